The van der Waals surface area contributed by atoms with Crippen LogP contribution in [0.2, 0.25) is 0 Å². The smallest absolute Gasteiger partial charge is 0.277 e. The third kappa shape index (κ3) is 3.18. The second kappa shape index (κ2) is 6.59. The number of pyridine rings is 1. The van der Waals surface area contributed by atoms with Crippen LogP contribution < -0.4 is 0 Å². The van der Waals surface area contributed by atoms with Gasteiger partial charge in [-0.25, -0.2) is 4.98 Å². The van der Waals surface area contributed by atoms with Crippen LogP contribution >= 0.6 is 15.9 Å². The van der Waals surface area contributed by atoms with Crippen LogP contribution in [0.1, 0.15) is 23.3 Å². The molecule has 4 heterocycles. The Kier molecular flexibility index (Phi) is 4.29. The lowest BCUT2D eigenvalue weighted by Crippen LogP contribution is -2.39. The number of amides is 1. The molecule has 1 amide bonds. The number of aromatic nitrogens is 4. The van der Waals surface area contributed by atoms with E-state index in [0.29, 0.717) is 24.7 Å². The average molecular weight is 406 g/mol. The predicted molar refractivity (Wildman–Crippen MR) is 93.7 cm³/mol. The van der Waals surface area contributed by atoms with Gasteiger partial charge >= 0.3 is 0 Å². The summed E-state index contributed by atoms with van der Waals surface area (Å²) in [5, 5.41) is 4.27. The van der Waals surface area contributed by atoms with Crippen LogP contribution in [-0.2, 0) is 6.54 Å². The number of halogens is 2. The number of nitrogens with zero attached hydrogens (tertiary/aromatic N) is 5. The maximum Gasteiger partial charge on any atom is 0.277 e. The van der Waals surface area contributed by atoms with Crippen molar-refractivity contribution in [2.75, 3.05) is 13.1 Å². The highest BCUT2D eigenvalue weighted by Crippen LogP contribution is 2.22. The van der Waals surface area contributed by atoms with E-state index in [1.807, 2.05) is 10.9 Å². The molecule has 1 saturated heterocycles. The fraction of sp³-hybridized carbons (Fsp3) is 0.353. The third-order valence-corrected chi connectivity index (χ3v) is 5.03. The van der Waals surface area contributed by atoms with Crippen LogP contribution in [0.15, 0.2) is 41.3 Å². The highest BCUT2D eigenvalue weighted by atomic mass is 79.9. The minimum absolute atomic E-state index is 0.0966. The van der Waals surface area contributed by atoms with E-state index in [4.69, 9.17) is 0 Å². The summed E-state index contributed by atoms with van der Waals surface area (Å²) in [6.07, 6.45) is 7.04. The van der Waals surface area contributed by atoms with Crippen molar-refractivity contribution in [2.45, 2.75) is 19.4 Å². The first-order chi connectivity index (χ1) is 12.1. The summed E-state index contributed by atoms with van der Waals surface area (Å²) in [5.41, 5.74) is 0.350. The Labute approximate surface area is 152 Å². The van der Waals surface area contributed by atoms with Gasteiger partial charge in [0.25, 0.3) is 5.91 Å². The van der Waals surface area contributed by atoms with Crippen molar-refractivity contribution >= 4 is 27.5 Å². The molecule has 0 unspecified atom stereocenters. The molecule has 1 aliphatic heterocycles. The van der Waals surface area contributed by atoms with Crippen LogP contribution in [-0.4, -0.2) is 43.1 Å². The highest BCUT2D eigenvalue weighted by molar-refractivity contribution is 9.10. The van der Waals surface area contributed by atoms with Crippen LogP contribution in [0.5, 0.6) is 0 Å². The molecule has 130 valence electrons. The standard InChI is InChI=1S/C17H17BrFN5O/c18-13-9-20-23(11-13)10-12-4-7-22(8-5-12)17(25)15-16(19)24-6-2-1-3-14(24)21-15/h1-3,6,9,11-12H,4-5,7-8,10H2. The van der Waals surface area contributed by atoms with E-state index < -0.39 is 5.95 Å². The number of hydrogen-bond acceptors (Lipinski definition) is 3. The molecule has 6 nitrogen and oxygen atoms in total. The molecule has 3 aromatic rings. The van der Waals surface area contributed by atoms with Gasteiger partial charge in [0.05, 0.1) is 10.7 Å². The normalized spacial score (nSPS) is 15.8. The molecule has 1 aliphatic rings. The number of likely N-dealkylation sites (tertiary alicyclic amines) is 1. The molecule has 0 aromatic carbocycles. The van der Waals surface area contributed by atoms with Crippen molar-refractivity contribution in [3.63, 3.8) is 0 Å². The Hall–Kier alpha value is -2.22. The number of piperidine rings is 1. The molecule has 25 heavy (non-hydrogen) atoms. The zero-order valence-electron chi connectivity index (χ0n) is 13.5. The van der Waals surface area contributed by atoms with E-state index >= 15 is 0 Å². The Morgan fingerprint density at radius 1 is 1.32 bits per heavy atom. The second-order valence-electron chi connectivity index (χ2n) is 6.30. The van der Waals surface area contributed by atoms with Gasteiger partial charge in [0.2, 0.25) is 5.95 Å². The molecule has 0 saturated carbocycles. The van der Waals surface area contributed by atoms with E-state index in [-0.39, 0.29) is 11.6 Å². The lowest BCUT2D eigenvalue weighted by atomic mass is 9.96. The number of rotatable bonds is 3. The summed E-state index contributed by atoms with van der Waals surface area (Å²) >= 11 is 3.39. The van der Waals surface area contributed by atoms with E-state index in [1.165, 1.54) is 4.40 Å². The summed E-state index contributed by atoms with van der Waals surface area (Å²) in [5.74, 6) is -0.465. The summed E-state index contributed by atoms with van der Waals surface area (Å²) in [6.45, 7) is 2.05. The van der Waals surface area contributed by atoms with Crippen LogP contribution in [0.25, 0.3) is 5.65 Å². The van der Waals surface area contributed by atoms with E-state index in [9.17, 15) is 9.18 Å². The summed E-state index contributed by atoms with van der Waals surface area (Å²) < 4.78 is 18.6. The number of carbonyl (C=O) groups excluding carboxylic acids is 1. The van der Waals surface area contributed by atoms with Crippen molar-refractivity contribution in [3.8, 4) is 0 Å². The predicted octanol–water partition coefficient (Wildman–Crippen LogP) is 2.98. The van der Waals surface area contributed by atoms with Gasteiger partial charge in [-0.2, -0.15) is 9.49 Å². The number of imidazole rings is 1. The molecule has 0 bridgehead atoms. The number of fused-ring (bicyclic) bond motifs is 1. The molecule has 0 spiro atoms. The van der Waals surface area contributed by atoms with Crippen molar-refractivity contribution in [3.05, 3.63) is 52.9 Å². The molecule has 0 N–H and O–H groups in total. The zero-order valence-corrected chi connectivity index (χ0v) is 15.1. The van der Waals surface area contributed by atoms with E-state index in [0.717, 1.165) is 23.9 Å². The van der Waals surface area contributed by atoms with Gasteiger partial charge < -0.3 is 4.90 Å². The largest absolute Gasteiger partial charge is 0.337 e. The first kappa shape index (κ1) is 16.3. The van der Waals surface area contributed by atoms with Gasteiger partial charge in [-0.05, 0) is 46.8 Å². The first-order valence-corrected chi connectivity index (χ1v) is 9.01. The summed E-state index contributed by atoms with van der Waals surface area (Å²) in [4.78, 5) is 18.5. The Balaban J connectivity index is 1.43. The van der Waals surface area contributed by atoms with Gasteiger partial charge in [-0.3, -0.25) is 13.9 Å². The molecule has 3 aromatic heterocycles. The van der Waals surface area contributed by atoms with Gasteiger partial charge in [0.1, 0.15) is 5.65 Å². The molecular formula is C17H17BrFN5O. The molecule has 0 aliphatic carbocycles. The highest BCUT2D eigenvalue weighted by Gasteiger charge is 2.28. The number of hydrogen-bond donors (Lipinski definition) is 0. The quantitative estimate of drug-likeness (QED) is 0.672. The van der Waals surface area contributed by atoms with Crippen LogP contribution in [0, 0.1) is 11.9 Å². The SMILES string of the molecule is O=C(c1nc2ccccn2c1F)N1CCC(Cn2cc(Br)cn2)CC1. The second-order valence-corrected chi connectivity index (χ2v) is 7.21. The van der Waals surface area contributed by atoms with Gasteiger partial charge in [0, 0.05) is 32.0 Å². The van der Waals surface area contributed by atoms with E-state index in [1.54, 1.807) is 35.5 Å². The van der Waals surface area contributed by atoms with Crippen LogP contribution in [0.3, 0.4) is 0 Å². The molecule has 8 heteroatoms. The van der Waals surface area contributed by atoms with Gasteiger partial charge in [-0.1, -0.05) is 6.07 Å². The average Bonchev–Trinajstić information content (AvgIpc) is 3.19. The molecule has 4 rings (SSSR count). The topological polar surface area (TPSA) is 55.4 Å². The minimum atomic E-state index is -0.593. The van der Waals surface area contributed by atoms with E-state index in [2.05, 4.69) is 26.0 Å². The number of carbonyl (C=O) groups is 1. The third-order valence-electron chi connectivity index (χ3n) is 4.62. The summed E-state index contributed by atoms with van der Waals surface area (Å²) in [6, 6.07) is 5.18. The fourth-order valence-electron chi connectivity index (χ4n) is 3.27. The first-order valence-electron chi connectivity index (χ1n) is 8.21. The monoisotopic (exact) mass is 405 g/mol. The Morgan fingerprint density at radius 3 is 2.80 bits per heavy atom. The minimum Gasteiger partial charge on any atom is -0.337 e. The van der Waals surface area contributed by atoms with Crippen molar-refractivity contribution in [1.82, 2.24) is 24.1 Å². The molecule has 0 atom stereocenters. The zero-order chi connectivity index (χ0) is 17.4. The Bertz CT molecular complexity index is 913. The van der Waals surface area contributed by atoms with Crippen molar-refractivity contribution in [2.24, 2.45) is 5.92 Å². The lowest BCUT2D eigenvalue weighted by molar-refractivity contribution is 0.0670. The fourth-order valence-corrected chi connectivity index (χ4v) is 3.60. The van der Waals surface area contributed by atoms with Gasteiger partial charge in [0.15, 0.2) is 5.69 Å². The van der Waals surface area contributed by atoms with Crippen LogP contribution in [0.4, 0.5) is 4.39 Å². The Morgan fingerprint density at radius 2 is 2.12 bits per heavy atom. The van der Waals surface area contributed by atoms with Crippen molar-refractivity contribution in [1.29, 1.82) is 0 Å². The van der Waals surface area contributed by atoms with Gasteiger partial charge in [-0.15, -0.1) is 0 Å². The molecule has 1 fully saturated rings. The molecular weight excluding hydrogens is 389 g/mol. The molecule has 0 radical (unpaired) electrons. The maximum atomic E-state index is 14.4. The summed E-state index contributed by atoms with van der Waals surface area (Å²) in [7, 11) is 0. The van der Waals surface area contributed by atoms with Crippen molar-refractivity contribution < 1.29 is 9.18 Å². The lowest BCUT2D eigenvalue weighted by Gasteiger charge is -2.31. The maximum absolute atomic E-state index is 14.4.